The van der Waals surface area contributed by atoms with E-state index in [1.54, 1.807) is 12.5 Å². The Hall–Kier alpha value is -2.87. The first-order valence-corrected chi connectivity index (χ1v) is 22.8. The number of aliphatic carboxylic acids is 1. The maximum Gasteiger partial charge on any atom is 0.310 e. The van der Waals surface area contributed by atoms with Crippen LogP contribution in [-0.4, -0.2) is 120 Å². The topological polar surface area (TPSA) is 235 Å². The molecule has 0 aromatic carbocycles. The summed E-state index contributed by atoms with van der Waals surface area (Å²) in [6.45, 7) is 8.06. The number of aliphatic hydroxyl groups excluding tert-OH is 6. The van der Waals surface area contributed by atoms with Gasteiger partial charge in [-0.3, -0.25) is 9.59 Å². The third kappa shape index (κ3) is 6.14. The minimum atomic E-state index is -1.62. The van der Waals surface area contributed by atoms with Gasteiger partial charge in [-0.15, -0.1) is 5.92 Å². The van der Waals surface area contributed by atoms with Gasteiger partial charge in [-0.05, 0) is 97.2 Å². The number of fused-ring (bicyclic) bond motifs is 2. The van der Waals surface area contributed by atoms with Crippen molar-refractivity contribution in [1.29, 1.82) is 0 Å². The lowest BCUT2D eigenvalue weighted by molar-refractivity contribution is -0.343. The Balaban J connectivity index is 1.21. The lowest BCUT2D eigenvalue weighted by atomic mass is 9.30. The Morgan fingerprint density at radius 3 is 2.46 bits per heavy atom. The van der Waals surface area contributed by atoms with Gasteiger partial charge in [0.15, 0.2) is 6.29 Å². The number of carboxylic acids is 1. The van der Waals surface area contributed by atoms with Crippen molar-refractivity contribution < 1.29 is 54.8 Å². The number of H-pyrrole nitrogens is 1. The monoisotopic (exact) mass is 849 g/mol. The second-order valence-electron chi connectivity index (χ2n) is 21.7. The number of hydrogen-bond donors (Lipinski definition) is 9. The maximum atomic E-state index is 13.5. The summed E-state index contributed by atoms with van der Waals surface area (Å²) in [6.07, 6.45) is 4.55. The van der Waals surface area contributed by atoms with Crippen LogP contribution in [0.4, 0.5) is 0 Å². The molecule has 19 unspecified atom stereocenters. The largest absolute Gasteiger partial charge is 0.481 e. The predicted octanol–water partition coefficient (Wildman–Crippen LogP) is 2.70. The molecule has 4 bridgehead atoms. The molecule has 4 saturated carbocycles. The Morgan fingerprint density at radius 1 is 0.984 bits per heavy atom. The third-order valence-electron chi connectivity index (χ3n) is 19.2. The van der Waals surface area contributed by atoms with Crippen LogP contribution in [0, 0.1) is 79.8 Å². The van der Waals surface area contributed by atoms with Crippen LogP contribution >= 0.6 is 0 Å². The number of carbonyl (C=O) groups excluding carboxylic acids is 1. The zero-order chi connectivity index (χ0) is 43.5. The molecule has 8 aliphatic rings. The molecule has 1 aromatic rings. The summed E-state index contributed by atoms with van der Waals surface area (Å²) in [5.74, 6) is 4.53. The minimum Gasteiger partial charge on any atom is -0.481 e. The molecule has 61 heavy (non-hydrogen) atoms. The molecule has 14 nitrogen and oxygen atoms in total. The highest BCUT2D eigenvalue weighted by atomic mass is 16.7. The molecule has 6 fully saturated rings. The first-order chi connectivity index (χ1) is 28.9. The Bertz CT molecular complexity index is 1970. The first-order valence-electron chi connectivity index (χ1n) is 22.8. The van der Waals surface area contributed by atoms with Gasteiger partial charge in [-0.2, -0.15) is 0 Å². The molecular formula is C47H67N3O11. The van der Waals surface area contributed by atoms with E-state index in [0.717, 1.165) is 18.5 Å². The average molecular weight is 850 g/mol. The molecule has 14 heteroatoms. The van der Waals surface area contributed by atoms with Crippen molar-refractivity contribution >= 4 is 11.9 Å². The summed E-state index contributed by atoms with van der Waals surface area (Å²) in [5.41, 5.74) is -1.78. The van der Waals surface area contributed by atoms with Gasteiger partial charge in [0, 0.05) is 67.0 Å². The third-order valence-corrected chi connectivity index (χ3v) is 19.2. The van der Waals surface area contributed by atoms with Gasteiger partial charge in [0.25, 0.3) is 0 Å². The molecule has 2 aliphatic heterocycles. The molecule has 19 atom stereocenters. The van der Waals surface area contributed by atoms with E-state index in [4.69, 9.17) is 9.47 Å². The number of nitrogens with zero attached hydrogens (tertiary/aromatic N) is 1. The normalized spacial score (nSPS) is 51.5. The van der Waals surface area contributed by atoms with Crippen LogP contribution in [0.2, 0.25) is 0 Å². The molecule has 3 heterocycles. The quantitative estimate of drug-likeness (QED) is 0.104. The Kier molecular flexibility index (Phi) is 10.7. The van der Waals surface area contributed by atoms with Crippen LogP contribution in [0.5, 0.6) is 0 Å². The molecule has 1 amide bonds. The van der Waals surface area contributed by atoms with Crippen molar-refractivity contribution in [3.8, 4) is 11.8 Å². The molecule has 1 aromatic heterocycles. The summed E-state index contributed by atoms with van der Waals surface area (Å²) in [5, 5.41) is 82.1. The number of carbonyl (C=O) groups is 2. The summed E-state index contributed by atoms with van der Waals surface area (Å²) >= 11 is 0. The highest BCUT2D eigenvalue weighted by Crippen LogP contribution is 2.78. The number of nitrogens with one attached hydrogen (secondary N) is 2. The zero-order valence-corrected chi connectivity index (χ0v) is 36.1. The van der Waals surface area contributed by atoms with Crippen LogP contribution in [0.25, 0.3) is 0 Å². The molecule has 1 spiro atoms. The number of rotatable bonds is 8. The number of hydrogen-bond acceptors (Lipinski definition) is 11. The van der Waals surface area contributed by atoms with Crippen LogP contribution in [-0.2, 0) is 25.5 Å². The van der Waals surface area contributed by atoms with Gasteiger partial charge in [-0.25, -0.2) is 4.98 Å². The summed E-state index contributed by atoms with van der Waals surface area (Å²) < 4.78 is 12.4. The van der Waals surface area contributed by atoms with Gasteiger partial charge in [0.05, 0.1) is 37.2 Å². The SMILES string of the molecule is CC1(CO)CCC2(C(=O)O)CCC34CCC#CC(C5CC(=O)NC5Cc5cnc[nH]5)C5C(O)C(OC6OCC(O)C(O)C6O)C(C)(CO)C6CCC3(C)C(CC=C4C2C1)C56C. The van der Waals surface area contributed by atoms with E-state index in [-0.39, 0.29) is 67.3 Å². The van der Waals surface area contributed by atoms with Crippen molar-refractivity contribution in [3.63, 3.8) is 0 Å². The van der Waals surface area contributed by atoms with Gasteiger partial charge in [-0.1, -0.05) is 45.3 Å². The fourth-order valence-electron chi connectivity index (χ4n) is 15.9. The standard InChI is InChI=1S/C47H67N3O11/c1-42(22-51)13-14-46(41(58)59)15-16-47-11-6-5-7-26(27-18-34(54)50-30(27)17-25-20-48-24-49-25)35-37(56)39(61-40-38(57)36(55)31(53)21-60-40)43(2,23-52)32-10-12-44(47,3)33(45(32,35)4)9-8-28(47)29(46)19-42/h8,20,24,26-27,29-33,35-40,51-53,55-57H,6,9-19,21-23H2,1-4H3,(H,48,49)(H,50,54)(H,58,59). The van der Waals surface area contributed by atoms with Crippen LogP contribution in [0.1, 0.15) is 104 Å². The molecule has 336 valence electrons. The van der Waals surface area contributed by atoms with E-state index in [9.17, 15) is 45.3 Å². The lowest BCUT2D eigenvalue weighted by Crippen LogP contribution is -2.73. The molecule has 9 N–H and O–H groups in total. The maximum absolute atomic E-state index is 13.5. The Labute approximate surface area is 358 Å². The molecule has 6 aliphatic carbocycles. The number of aliphatic hydroxyl groups is 6. The van der Waals surface area contributed by atoms with Gasteiger partial charge >= 0.3 is 5.97 Å². The smallest absolute Gasteiger partial charge is 0.310 e. The highest BCUT2D eigenvalue weighted by molar-refractivity contribution is 5.79. The lowest BCUT2D eigenvalue weighted by Gasteiger charge is -2.74. The van der Waals surface area contributed by atoms with E-state index in [0.29, 0.717) is 57.8 Å². The molecule has 2 saturated heterocycles. The first kappa shape index (κ1) is 43.4. The van der Waals surface area contributed by atoms with Crippen molar-refractivity contribution in [3.05, 3.63) is 29.9 Å². The second kappa shape index (κ2) is 15.1. The average Bonchev–Trinajstić information content (AvgIpc) is 3.88. The number of amides is 1. The minimum absolute atomic E-state index is 0.00308. The van der Waals surface area contributed by atoms with E-state index in [1.165, 1.54) is 5.57 Å². The van der Waals surface area contributed by atoms with Gasteiger partial charge in [0.2, 0.25) is 5.91 Å². The molecule has 9 rings (SSSR count). The van der Waals surface area contributed by atoms with E-state index in [1.807, 2.05) is 6.92 Å². The molecular weight excluding hydrogens is 783 g/mol. The summed E-state index contributed by atoms with van der Waals surface area (Å²) in [6, 6.07) is -0.316. The highest BCUT2D eigenvalue weighted by Gasteiger charge is 2.75. The number of carboxylic acid groups (broad SMARTS) is 1. The van der Waals surface area contributed by atoms with Crippen LogP contribution < -0.4 is 5.32 Å². The van der Waals surface area contributed by atoms with Crippen LogP contribution in [0.15, 0.2) is 24.2 Å². The van der Waals surface area contributed by atoms with Crippen LogP contribution in [0.3, 0.4) is 0 Å². The summed E-state index contributed by atoms with van der Waals surface area (Å²) in [4.78, 5) is 34.4. The number of ether oxygens (including phenoxy) is 2. The summed E-state index contributed by atoms with van der Waals surface area (Å²) in [7, 11) is 0. The van der Waals surface area contributed by atoms with Gasteiger partial charge in [0.1, 0.15) is 18.3 Å². The van der Waals surface area contributed by atoms with E-state index >= 15 is 0 Å². The zero-order valence-electron chi connectivity index (χ0n) is 36.1. The number of aromatic amines is 1. The Morgan fingerprint density at radius 2 is 1.75 bits per heavy atom. The molecule has 0 radical (unpaired) electrons. The van der Waals surface area contributed by atoms with Crippen molar-refractivity contribution in [1.82, 2.24) is 15.3 Å². The second-order valence-corrected chi connectivity index (χ2v) is 21.7. The van der Waals surface area contributed by atoms with E-state index < -0.39 is 81.7 Å². The van der Waals surface area contributed by atoms with Crippen molar-refractivity contribution in [2.45, 2.75) is 148 Å². The number of aromatic nitrogens is 2. The fraction of sp³-hybridized carbons (Fsp3) is 0.809. The van der Waals surface area contributed by atoms with E-state index in [2.05, 4.69) is 54.0 Å². The number of imidazole rings is 1. The van der Waals surface area contributed by atoms with Gasteiger partial charge < -0.3 is 55.5 Å². The fourth-order valence-corrected chi connectivity index (χ4v) is 15.9. The predicted molar refractivity (Wildman–Crippen MR) is 220 cm³/mol. The number of allylic oxidation sites excluding steroid dienone is 2. The van der Waals surface area contributed by atoms with Crippen molar-refractivity contribution in [2.75, 3.05) is 19.8 Å². The van der Waals surface area contributed by atoms with Crippen molar-refractivity contribution in [2.24, 2.45) is 68.0 Å².